The van der Waals surface area contributed by atoms with E-state index in [9.17, 15) is 4.79 Å². The van der Waals surface area contributed by atoms with Crippen LogP contribution in [0.1, 0.15) is 43.2 Å². The lowest BCUT2D eigenvalue weighted by Gasteiger charge is -2.32. The van der Waals surface area contributed by atoms with Gasteiger partial charge in [-0.2, -0.15) is 0 Å². The average Bonchev–Trinajstić information content (AvgIpc) is 3.31. The van der Waals surface area contributed by atoms with Gasteiger partial charge in [-0.15, -0.1) is 0 Å². The van der Waals surface area contributed by atoms with E-state index in [1.807, 2.05) is 0 Å². The zero-order valence-electron chi connectivity index (χ0n) is 15.5. The molecule has 3 heteroatoms. The fraction of sp³-hybridized carbons (Fsp3) is 0.292. The minimum Gasteiger partial charge on any atom is -0.361 e. The SMILES string of the molecule is CC1CCCC(C(c2c[nH]c3ccccc23)c2c[nH]c3ccccc23)C1=O. The molecule has 0 saturated heterocycles. The first-order chi connectivity index (χ1) is 13.2. The van der Waals surface area contributed by atoms with Crippen molar-refractivity contribution in [2.75, 3.05) is 0 Å². The highest BCUT2D eigenvalue weighted by Gasteiger charge is 2.37. The molecule has 136 valence electrons. The summed E-state index contributed by atoms with van der Waals surface area (Å²) >= 11 is 0. The minimum atomic E-state index is 0.0344. The molecule has 2 heterocycles. The van der Waals surface area contributed by atoms with E-state index in [0.717, 1.165) is 30.3 Å². The Labute approximate surface area is 158 Å². The number of Topliss-reactive ketones (excluding diaryl/α,β-unsaturated/α-hetero) is 1. The largest absolute Gasteiger partial charge is 0.361 e. The van der Waals surface area contributed by atoms with Gasteiger partial charge >= 0.3 is 0 Å². The Hall–Kier alpha value is -2.81. The van der Waals surface area contributed by atoms with Gasteiger partial charge in [0, 0.05) is 52.0 Å². The molecule has 1 saturated carbocycles. The topological polar surface area (TPSA) is 48.6 Å². The molecule has 2 aromatic carbocycles. The van der Waals surface area contributed by atoms with Gasteiger partial charge in [-0.25, -0.2) is 0 Å². The van der Waals surface area contributed by atoms with Crippen molar-refractivity contribution < 1.29 is 4.79 Å². The molecular formula is C24H24N2O. The lowest BCUT2D eigenvalue weighted by atomic mass is 9.70. The molecule has 2 aromatic heterocycles. The second kappa shape index (κ2) is 6.41. The third-order valence-corrected chi connectivity index (χ3v) is 6.32. The molecule has 4 aromatic rings. The Morgan fingerprint density at radius 3 is 2.00 bits per heavy atom. The fourth-order valence-corrected chi connectivity index (χ4v) is 4.93. The number of ketones is 1. The zero-order valence-corrected chi connectivity index (χ0v) is 15.5. The van der Waals surface area contributed by atoms with Crippen molar-refractivity contribution in [2.45, 2.75) is 32.1 Å². The number of benzene rings is 2. The highest BCUT2D eigenvalue weighted by molar-refractivity contribution is 5.92. The van der Waals surface area contributed by atoms with Crippen molar-refractivity contribution in [1.82, 2.24) is 9.97 Å². The van der Waals surface area contributed by atoms with Crippen LogP contribution in [0.4, 0.5) is 0 Å². The summed E-state index contributed by atoms with van der Waals surface area (Å²) in [4.78, 5) is 20.1. The second-order valence-corrected chi connectivity index (χ2v) is 7.90. The Bertz CT molecular complexity index is 1050. The van der Waals surface area contributed by atoms with Crippen LogP contribution in [-0.2, 0) is 4.79 Å². The molecule has 3 nitrogen and oxygen atoms in total. The van der Waals surface area contributed by atoms with Gasteiger partial charge in [0.1, 0.15) is 5.78 Å². The number of aromatic amines is 2. The van der Waals surface area contributed by atoms with Crippen LogP contribution >= 0.6 is 0 Å². The molecular weight excluding hydrogens is 332 g/mol. The molecule has 2 atom stereocenters. The molecule has 2 unspecified atom stereocenters. The Balaban J connectivity index is 1.74. The fourth-order valence-electron chi connectivity index (χ4n) is 4.93. The number of para-hydroxylation sites is 2. The first-order valence-electron chi connectivity index (χ1n) is 9.90. The van der Waals surface area contributed by atoms with Gasteiger partial charge < -0.3 is 9.97 Å². The van der Waals surface area contributed by atoms with Crippen LogP contribution in [0.2, 0.25) is 0 Å². The summed E-state index contributed by atoms with van der Waals surface area (Å²) in [6, 6.07) is 16.8. The molecule has 1 fully saturated rings. The van der Waals surface area contributed by atoms with Crippen molar-refractivity contribution in [2.24, 2.45) is 11.8 Å². The lowest BCUT2D eigenvalue weighted by molar-refractivity contribution is -0.129. The maximum Gasteiger partial charge on any atom is 0.139 e. The van der Waals surface area contributed by atoms with Crippen molar-refractivity contribution in [3.05, 3.63) is 72.1 Å². The summed E-state index contributed by atoms with van der Waals surface area (Å²) in [7, 11) is 0. The average molecular weight is 356 g/mol. The number of aromatic nitrogens is 2. The maximum absolute atomic E-state index is 13.2. The summed E-state index contributed by atoms with van der Waals surface area (Å²) in [6.07, 6.45) is 7.34. The summed E-state index contributed by atoms with van der Waals surface area (Å²) in [6.45, 7) is 2.09. The van der Waals surface area contributed by atoms with Gasteiger partial charge in [-0.05, 0) is 36.1 Å². The second-order valence-electron chi connectivity index (χ2n) is 7.90. The number of nitrogens with one attached hydrogen (secondary N) is 2. The zero-order chi connectivity index (χ0) is 18.4. The van der Waals surface area contributed by atoms with E-state index in [0.29, 0.717) is 5.78 Å². The van der Waals surface area contributed by atoms with E-state index in [2.05, 4.69) is 77.8 Å². The van der Waals surface area contributed by atoms with E-state index >= 15 is 0 Å². The van der Waals surface area contributed by atoms with Crippen molar-refractivity contribution in [1.29, 1.82) is 0 Å². The lowest BCUT2D eigenvalue weighted by Crippen LogP contribution is -2.31. The molecule has 0 radical (unpaired) electrons. The van der Waals surface area contributed by atoms with Crippen molar-refractivity contribution in [3.8, 4) is 0 Å². The highest BCUT2D eigenvalue weighted by atomic mass is 16.1. The maximum atomic E-state index is 13.2. The van der Waals surface area contributed by atoms with E-state index in [1.54, 1.807) is 0 Å². The quantitative estimate of drug-likeness (QED) is 0.480. The number of rotatable bonds is 3. The van der Waals surface area contributed by atoms with Gasteiger partial charge in [-0.3, -0.25) is 4.79 Å². The van der Waals surface area contributed by atoms with Gasteiger partial charge in [0.15, 0.2) is 0 Å². The Morgan fingerprint density at radius 2 is 1.41 bits per heavy atom. The molecule has 1 aliphatic carbocycles. The van der Waals surface area contributed by atoms with Crippen LogP contribution in [0.5, 0.6) is 0 Å². The van der Waals surface area contributed by atoms with E-state index in [4.69, 9.17) is 0 Å². The number of carbonyl (C=O) groups excluding carboxylic acids is 1. The first kappa shape index (κ1) is 16.4. The van der Waals surface area contributed by atoms with Gasteiger partial charge in [0.2, 0.25) is 0 Å². The molecule has 0 spiro atoms. The number of fused-ring (bicyclic) bond motifs is 2. The summed E-state index contributed by atoms with van der Waals surface area (Å²) in [5.41, 5.74) is 4.74. The summed E-state index contributed by atoms with van der Waals surface area (Å²) in [5, 5.41) is 2.44. The van der Waals surface area contributed by atoms with Crippen LogP contribution in [0.25, 0.3) is 21.8 Å². The Kier molecular flexibility index (Phi) is 3.89. The highest BCUT2D eigenvalue weighted by Crippen LogP contribution is 2.44. The van der Waals surface area contributed by atoms with Gasteiger partial charge in [0.25, 0.3) is 0 Å². The van der Waals surface area contributed by atoms with Crippen LogP contribution < -0.4 is 0 Å². The molecule has 0 amide bonds. The third-order valence-electron chi connectivity index (χ3n) is 6.32. The molecule has 1 aliphatic rings. The Morgan fingerprint density at radius 1 is 0.852 bits per heavy atom. The number of hydrogen-bond acceptors (Lipinski definition) is 1. The number of carbonyl (C=O) groups is 1. The van der Waals surface area contributed by atoms with Gasteiger partial charge in [0.05, 0.1) is 0 Å². The summed E-state index contributed by atoms with van der Waals surface area (Å²) in [5.74, 6) is 0.684. The number of hydrogen-bond donors (Lipinski definition) is 2. The first-order valence-corrected chi connectivity index (χ1v) is 9.90. The van der Waals surface area contributed by atoms with Crippen LogP contribution in [0.3, 0.4) is 0 Å². The van der Waals surface area contributed by atoms with Crippen LogP contribution in [-0.4, -0.2) is 15.8 Å². The molecule has 0 bridgehead atoms. The molecule has 27 heavy (non-hydrogen) atoms. The van der Waals surface area contributed by atoms with Crippen molar-refractivity contribution in [3.63, 3.8) is 0 Å². The predicted molar refractivity (Wildman–Crippen MR) is 110 cm³/mol. The van der Waals surface area contributed by atoms with Crippen LogP contribution in [0, 0.1) is 11.8 Å². The smallest absolute Gasteiger partial charge is 0.139 e. The van der Waals surface area contributed by atoms with E-state index in [1.165, 1.54) is 21.9 Å². The van der Waals surface area contributed by atoms with Crippen LogP contribution in [0.15, 0.2) is 60.9 Å². The normalized spacial score (nSPS) is 20.7. The van der Waals surface area contributed by atoms with E-state index in [-0.39, 0.29) is 17.8 Å². The minimum absolute atomic E-state index is 0.0344. The predicted octanol–water partition coefficient (Wildman–Crippen LogP) is 5.79. The third kappa shape index (κ3) is 2.61. The molecule has 2 N–H and O–H groups in total. The monoisotopic (exact) mass is 356 g/mol. The number of H-pyrrole nitrogens is 2. The van der Waals surface area contributed by atoms with Crippen molar-refractivity contribution >= 4 is 27.6 Å². The standard InChI is InChI=1S/C24H24N2O/c1-15-7-6-10-18(24(15)27)23(19-13-25-21-11-4-2-8-16(19)21)20-14-26-22-12-5-3-9-17(20)22/h2-5,8-9,11-15,18,23,25-26H,6-7,10H2,1H3. The summed E-state index contributed by atoms with van der Waals surface area (Å²) < 4.78 is 0. The van der Waals surface area contributed by atoms with E-state index < -0.39 is 0 Å². The molecule has 5 rings (SSSR count). The van der Waals surface area contributed by atoms with Gasteiger partial charge in [-0.1, -0.05) is 49.7 Å². The molecule has 0 aliphatic heterocycles.